The second-order valence-electron chi connectivity index (χ2n) is 8.57. The van der Waals surface area contributed by atoms with Crippen LogP contribution in [0.2, 0.25) is 0 Å². The van der Waals surface area contributed by atoms with Crippen molar-refractivity contribution >= 4 is 22.7 Å². The van der Waals surface area contributed by atoms with E-state index in [1.807, 2.05) is 31.5 Å². The van der Waals surface area contributed by atoms with Gasteiger partial charge >= 0.3 is 0 Å². The summed E-state index contributed by atoms with van der Waals surface area (Å²) in [4.78, 5) is 0. The van der Waals surface area contributed by atoms with Gasteiger partial charge in [0.25, 0.3) is 0 Å². The molecule has 0 bridgehead atoms. The highest BCUT2D eigenvalue weighted by Gasteiger charge is 2.21. The summed E-state index contributed by atoms with van der Waals surface area (Å²) in [5.74, 6) is 1.99. The van der Waals surface area contributed by atoms with Crippen molar-refractivity contribution in [2.24, 2.45) is 7.05 Å². The molecule has 0 radical (unpaired) electrons. The number of nitrogens with zero attached hydrogens (tertiary/aromatic N) is 4. The predicted molar refractivity (Wildman–Crippen MR) is 135 cm³/mol. The van der Waals surface area contributed by atoms with Crippen molar-refractivity contribution < 1.29 is 5.11 Å². The second kappa shape index (κ2) is 8.83. The number of hydrogen-bond donors (Lipinski definition) is 2. The number of nitrogens with one attached hydrogen (secondary N) is 1. The Hall–Kier alpha value is -3.45. The molecular formula is C26H27N5OS. The van der Waals surface area contributed by atoms with Crippen LogP contribution in [0.1, 0.15) is 25.3 Å². The van der Waals surface area contributed by atoms with Crippen LogP contribution in [-0.2, 0) is 7.05 Å². The van der Waals surface area contributed by atoms with Gasteiger partial charge in [0.15, 0.2) is 11.0 Å². The summed E-state index contributed by atoms with van der Waals surface area (Å²) in [6, 6.07) is 14.4. The molecule has 7 heteroatoms. The Balaban J connectivity index is 1.61. The van der Waals surface area contributed by atoms with E-state index in [2.05, 4.69) is 81.1 Å². The number of aromatic hydroxyl groups is 1. The highest BCUT2D eigenvalue weighted by Crippen LogP contribution is 2.35. The molecule has 6 nitrogen and oxygen atoms in total. The fourth-order valence-corrected chi connectivity index (χ4v) is 4.98. The number of allylic oxidation sites excluding steroid dienone is 2. The van der Waals surface area contributed by atoms with Crippen molar-refractivity contribution in [2.75, 3.05) is 5.75 Å². The minimum Gasteiger partial charge on any atom is -0.507 e. The van der Waals surface area contributed by atoms with E-state index in [9.17, 15) is 5.11 Å². The third-order valence-corrected chi connectivity index (χ3v) is 6.99. The molecular weight excluding hydrogens is 430 g/mol. The van der Waals surface area contributed by atoms with Crippen LogP contribution in [0.25, 0.3) is 28.0 Å². The summed E-state index contributed by atoms with van der Waals surface area (Å²) < 4.78 is 4.16. The lowest BCUT2D eigenvalue weighted by Crippen LogP contribution is -2.26. The lowest BCUT2D eigenvalue weighted by Gasteiger charge is -2.16. The predicted octanol–water partition coefficient (Wildman–Crippen LogP) is 5.39. The zero-order valence-corrected chi connectivity index (χ0v) is 19.8. The molecule has 2 N–H and O–H groups in total. The molecule has 3 heterocycles. The number of rotatable bonds is 6. The van der Waals surface area contributed by atoms with Gasteiger partial charge in [-0.3, -0.25) is 4.57 Å². The Morgan fingerprint density at radius 2 is 1.97 bits per heavy atom. The Morgan fingerprint density at radius 3 is 2.76 bits per heavy atom. The van der Waals surface area contributed by atoms with Gasteiger partial charge in [-0.1, -0.05) is 43.8 Å². The number of hydrogen-bond acceptors (Lipinski definition) is 5. The first-order valence-electron chi connectivity index (χ1n) is 11.1. The molecule has 5 rings (SSSR count). The Kier molecular flexibility index (Phi) is 5.72. The Bertz CT molecular complexity index is 1360. The summed E-state index contributed by atoms with van der Waals surface area (Å²) >= 11 is 1.65. The van der Waals surface area contributed by atoms with E-state index >= 15 is 0 Å². The molecule has 1 atom stereocenters. The number of thioether (sulfide) groups is 1. The molecule has 0 saturated carbocycles. The zero-order chi connectivity index (χ0) is 22.9. The van der Waals surface area contributed by atoms with Crippen LogP contribution in [0.5, 0.6) is 5.75 Å². The second-order valence-corrected chi connectivity index (χ2v) is 9.56. The van der Waals surface area contributed by atoms with Crippen LogP contribution < -0.4 is 5.32 Å². The van der Waals surface area contributed by atoms with Gasteiger partial charge < -0.3 is 15.0 Å². The molecule has 1 unspecified atom stereocenters. The average molecular weight is 458 g/mol. The lowest BCUT2D eigenvalue weighted by atomic mass is 10.00. The smallest absolute Gasteiger partial charge is 0.196 e. The number of phenols is 1. The number of aromatic nitrogens is 4. The number of fused-ring (bicyclic) bond motifs is 1. The summed E-state index contributed by atoms with van der Waals surface area (Å²) in [5, 5.41) is 25.1. The molecule has 0 spiro atoms. The van der Waals surface area contributed by atoms with Crippen LogP contribution in [0.15, 0.2) is 78.2 Å². The van der Waals surface area contributed by atoms with Crippen molar-refractivity contribution in [1.29, 1.82) is 0 Å². The highest BCUT2D eigenvalue weighted by atomic mass is 32.2. The van der Waals surface area contributed by atoms with Crippen LogP contribution >= 0.6 is 11.8 Å². The standard InChI is InChI=1S/C26H27N5OS/c1-17(2)18-7-10-24(32)22(15-18)25-28-29-26(33-16-20-6-4-5-12-27-20)31(25)21-8-9-23-19(14-21)11-13-30(23)3/h4-15,17,20,27,32H,16H2,1-3H3. The lowest BCUT2D eigenvalue weighted by molar-refractivity contribution is 0.476. The van der Waals surface area contributed by atoms with Gasteiger partial charge in [0, 0.05) is 29.9 Å². The summed E-state index contributed by atoms with van der Waals surface area (Å²) in [6.07, 6.45) is 10.2. The molecule has 168 valence electrons. The van der Waals surface area contributed by atoms with E-state index in [1.165, 1.54) is 0 Å². The Labute approximate surface area is 197 Å². The van der Waals surface area contributed by atoms with Gasteiger partial charge in [-0.05, 0) is 60.2 Å². The van der Waals surface area contributed by atoms with Gasteiger partial charge in [-0.2, -0.15) is 0 Å². The van der Waals surface area contributed by atoms with Crippen molar-refractivity contribution in [1.82, 2.24) is 24.6 Å². The number of benzene rings is 2. The largest absolute Gasteiger partial charge is 0.507 e. The highest BCUT2D eigenvalue weighted by molar-refractivity contribution is 7.99. The maximum Gasteiger partial charge on any atom is 0.196 e. The third-order valence-electron chi connectivity index (χ3n) is 5.94. The van der Waals surface area contributed by atoms with Crippen LogP contribution in [-0.4, -0.2) is 36.2 Å². The average Bonchev–Trinajstić information content (AvgIpc) is 3.41. The maximum absolute atomic E-state index is 10.7. The quantitative estimate of drug-likeness (QED) is 0.380. The molecule has 0 aliphatic carbocycles. The van der Waals surface area contributed by atoms with E-state index in [4.69, 9.17) is 0 Å². The van der Waals surface area contributed by atoms with Gasteiger partial charge in [-0.25, -0.2) is 0 Å². The molecule has 0 saturated heterocycles. The van der Waals surface area contributed by atoms with E-state index in [-0.39, 0.29) is 11.8 Å². The van der Waals surface area contributed by atoms with Gasteiger partial charge in [0.1, 0.15) is 5.75 Å². The fraction of sp³-hybridized carbons (Fsp3) is 0.231. The number of dihydropyridines is 1. The molecule has 2 aromatic carbocycles. The Morgan fingerprint density at radius 1 is 1.09 bits per heavy atom. The summed E-state index contributed by atoms with van der Waals surface area (Å²) in [6.45, 7) is 4.29. The first kappa shape index (κ1) is 21.4. The molecule has 1 aliphatic rings. The third kappa shape index (κ3) is 4.16. The molecule has 0 fully saturated rings. The van der Waals surface area contributed by atoms with E-state index in [0.29, 0.717) is 17.3 Å². The van der Waals surface area contributed by atoms with E-state index in [1.54, 1.807) is 17.8 Å². The zero-order valence-electron chi connectivity index (χ0n) is 18.9. The van der Waals surface area contributed by atoms with Crippen molar-refractivity contribution in [3.8, 4) is 22.8 Å². The summed E-state index contributed by atoms with van der Waals surface area (Å²) in [7, 11) is 2.04. The van der Waals surface area contributed by atoms with E-state index in [0.717, 1.165) is 33.1 Å². The van der Waals surface area contributed by atoms with Crippen molar-refractivity contribution in [3.05, 3.63) is 78.7 Å². The maximum atomic E-state index is 10.7. The minimum atomic E-state index is 0.201. The first-order chi connectivity index (χ1) is 16.0. The van der Waals surface area contributed by atoms with Gasteiger partial charge in [0.2, 0.25) is 0 Å². The van der Waals surface area contributed by atoms with Crippen molar-refractivity contribution in [3.63, 3.8) is 0 Å². The minimum absolute atomic E-state index is 0.201. The normalized spacial score (nSPS) is 15.5. The summed E-state index contributed by atoms with van der Waals surface area (Å²) in [5.41, 5.74) is 3.97. The first-order valence-corrected chi connectivity index (χ1v) is 12.1. The van der Waals surface area contributed by atoms with Crippen LogP contribution in [0, 0.1) is 0 Å². The SMILES string of the molecule is CC(C)c1ccc(O)c(-c2nnc(SCC3C=CC=CN3)n2-c2ccc3c(ccn3C)c2)c1. The molecule has 4 aromatic rings. The van der Waals surface area contributed by atoms with Gasteiger partial charge in [-0.15, -0.1) is 10.2 Å². The fourth-order valence-electron chi connectivity index (χ4n) is 4.03. The van der Waals surface area contributed by atoms with Crippen LogP contribution in [0.4, 0.5) is 0 Å². The number of phenolic OH excluding ortho intramolecular Hbond substituents is 1. The molecule has 0 amide bonds. The van der Waals surface area contributed by atoms with E-state index < -0.39 is 0 Å². The van der Waals surface area contributed by atoms with Crippen molar-refractivity contribution in [2.45, 2.75) is 31.0 Å². The monoisotopic (exact) mass is 457 g/mol. The molecule has 1 aliphatic heterocycles. The van der Waals surface area contributed by atoms with Crippen LogP contribution in [0.3, 0.4) is 0 Å². The molecule has 2 aromatic heterocycles. The number of aryl methyl sites for hydroxylation is 1. The molecule has 33 heavy (non-hydrogen) atoms. The van der Waals surface area contributed by atoms with Gasteiger partial charge in [0.05, 0.1) is 17.3 Å². The topological polar surface area (TPSA) is 67.9 Å².